The van der Waals surface area contributed by atoms with Gasteiger partial charge in [-0.3, -0.25) is 0 Å². The molecular formula is C13H19F3N2. The number of halogens is 3. The molecule has 0 aliphatic carbocycles. The molecule has 0 radical (unpaired) electrons. The van der Waals surface area contributed by atoms with E-state index in [0.717, 1.165) is 6.07 Å². The highest BCUT2D eigenvalue weighted by molar-refractivity contribution is 5.48. The van der Waals surface area contributed by atoms with E-state index in [1.54, 1.807) is 13.8 Å². The second-order valence-electron chi connectivity index (χ2n) is 5.42. The largest absolute Gasteiger partial charge is 0.416 e. The average molecular weight is 260 g/mol. The van der Waals surface area contributed by atoms with Crippen LogP contribution in [0.15, 0.2) is 18.2 Å². The highest BCUT2D eigenvalue weighted by atomic mass is 19.4. The first kappa shape index (κ1) is 14.8. The van der Waals surface area contributed by atoms with Crippen molar-refractivity contribution in [2.45, 2.75) is 25.4 Å². The van der Waals surface area contributed by atoms with Crippen LogP contribution in [0.2, 0.25) is 0 Å². The van der Waals surface area contributed by atoms with E-state index in [-0.39, 0.29) is 11.3 Å². The molecule has 0 heterocycles. The summed E-state index contributed by atoms with van der Waals surface area (Å²) in [6.07, 6.45) is -4.38. The molecule has 0 saturated carbocycles. The van der Waals surface area contributed by atoms with E-state index in [0.29, 0.717) is 6.54 Å². The van der Waals surface area contributed by atoms with Gasteiger partial charge in [0.2, 0.25) is 0 Å². The Morgan fingerprint density at radius 1 is 1.11 bits per heavy atom. The Bertz CT molecular complexity index is 423. The minimum absolute atomic E-state index is 0.131. The fourth-order valence-electron chi connectivity index (χ4n) is 2.26. The molecule has 2 nitrogen and oxygen atoms in total. The fourth-order valence-corrected chi connectivity index (χ4v) is 2.26. The van der Waals surface area contributed by atoms with E-state index in [1.807, 2.05) is 19.0 Å². The van der Waals surface area contributed by atoms with E-state index in [4.69, 9.17) is 5.73 Å². The Hall–Kier alpha value is -1.23. The summed E-state index contributed by atoms with van der Waals surface area (Å²) >= 11 is 0. The van der Waals surface area contributed by atoms with Crippen molar-refractivity contribution in [3.05, 3.63) is 29.3 Å². The topological polar surface area (TPSA) is 29.3 Å². The lowest BCUT2D eigenvalue weighted by molar-refractivity contribution is -0.138. The van der Waals surface area contributed by atoms with E-state index in [1.165, 1.54) is 12.1 Å². The third-order valence-corrected chi connectivity index (χ3v) is 2.79. The molecule has 5 heteroatoms. The van der Waals surface area contributed by atoms with Crippen LogP contribution in [-0.2, 0) is 11.6 Å². The number of hydrogen-bond donors (Lipinski definition) is 1. The van der Waals surface area contributed by atoms with Crippen molar-refractivity contribution in [2.75, 3.05) is 26.4 Å². The predicted molar refractivity (Wildman–Crippen MR) is 67.4 cm³/mol. The molecule has 1 rings (SSSR count). The maximum absolute atomic E-state index is 13.0. The molecule has 0 saturated heterocycles. The summed E-state index contributed by atoms with van der Waals surface area (Å²) in [5, 5.41) is 0. The Morgan fingerprint density at radius 2 is 1.67 bits per heavy atom. The molecule has 1 aromatic carbocycles. The van der Waals surface area contributed by atoms with Crippen LogP contribution in [-0.4, -0.2) is 25.5 Å². The zero-order valence-electron chi connectivity index (χ0n) is 11.1. The molecule has 0 fully saturated rings. The highest BCUT2D eigenvalue weighted by Gasteiger charge is 2.37. The maximum atomic E-state index is 13.0. The normalized spacial score (nSPS) is 13.1. The molecule has 2 N–H and O–H groups in total. The van der Waals surface area contributed by atoms with Gasteiger partial charge in [0.15, 0.2) is 0 Å². The standard InChI is InChI=1S/C13H19F3N2/c1-12(2,8-18(3)4)10-6-5-9(17)7-11(10)13(14,15)16/h5-7H,8,17H2,1-4H3. The van der Waals surface area contributed by atoms with Crippen LogP contribution >= 0.6 is 0 Å². The van der Waals surface area contributed by atoms with Gasteiger partial charge in [0, 0.05) is 17.6 Å². The smallest absolute Gasteiger partial charge is 0.399 e. The van der Waals surface area contributed by atoms with Crippen LogP contribution in [0.1, 0.15) is 25.0 Å². The molecule has 0 atom stereocenters. The first-order valence-corrected chi connectivity index (χ1v) is 5.66. The number of likely N-dealkylation sites (N-methyl/N-ethyl adjacent to an activating group) is 1. The Balaban J connectivity index is 3.32. The van der Waals surface area contributed by atoms with Gasteiger partial charge in [0.25, 0.3) is 0 Å². The number of rotatable bonds is 3. The molecule has 0 aliphatic heterocycles. The summed E-state index contributed by atoms with van der Waals surface area (Å²) in [6, 6.07) is 4.00. The van der Waals surface area contributed by atoms with Gasteiger partial charge in [-0.2, -0.15) is 13.2 Å². The maximum Gasteiger partial charge on any atom is 0.416 e. The Labute approximate surface area is 106 Å². The zero-order valence-corrected chi connectivity index (χ0v) is 11.1. The van der Waals surface area contributed by atoms with Crippen LogP contribution in [0.5, 0.6) is 0 Å². The number of nitrogens with zero attached hydrogens (tertiary/aromatic N) is 1. The van der Waals surface area contributed by atoms with Crippen LogP contribution in [0, 0.1) is 0 Å². The first-order chi connectivity index (χ1) is 8.04. The molecule has 1 aromatic rings. The molecule has 0 spiro atoms. The molecule has 102 valence electrons. The highest BCUT2D eigenvalue weighted by Crippen LogP contribution is 2.38. The summed E-state index contributed by atoms with van der Waals surface area (Å²) in [7, 11) is 3.68. The molecule has 0 bridgehead atoms. The van der Waals surface area contributed by atoms with Crippen molar-refractivity contribution in [1.82, 2.24) is 4.90 Å². The quantitative estimate of drug-likeness (QED) is 0.846. The van der Waals surface area contributed by atoms with Crippen LogP contribution in [0.4, 0.5) is 18.9 Å². The summed E-state index contributed by atoms with van der Waals surface area (Å²) < 4.78 is 39.1. The minimum atomic E-state index is -4.38. The molecule has 0 unspecified atom stereocenters. The summed E-state index contributed by atoms with van der Waals surface area (Å²) in [6.45, 7) is 4.13. The van der Waals surface area contributed by atoms with Crippen molar-refractivity contribution in [3.63, 3.8) is 0 Å². The van der Waals surface area contributed by atoms with Gasteiger partial charge in [-0.05, 0) is 31.8 Å². The zero-order chi connectivity index (χ0) is 14.1. The summed E-state index contributed by atoms with van der Waals surface area (Å²) in [4.78, 5) is 1.87. The third-order valence-electron chi connectivity index (χ3n) is 2.79. The van der Waals surface area contributed by atoms with Gasteiger partial charge in [-0.25, -0.2) is 0 Å². The number of nitrogens with two attached hydrogens (primary N) is 1. The van der Waals surface area contributed by atoms with Crippen molar-refractivity contribution >= 4 is 5.69 Å². The number of nitrogen functional groups attached to an aromatic ring is 1. The van der Waals surface area contributed by atoms with E-state index in [9.17, 15) is 13.2 Å². The van der Waals surface area contributed by atoms with Crippen molar-refractivity contribution in [1.29, 1.82) is 0 Å². The van der Waals surface area contributed by atoms with Gasteiger partial charge in [-0.1, -0.05) is 19.9 Å². The van der Waals surface area contributed by atoms with Gasteiger partial charge in [-0.15, -0.1) is 0 Å². The third kappa shape index (κ3) is 3.38. The van der Waals surface area contributed by atoms with Gasteiger partial charge in [0.1, 0.15) is 0 Å². The number of anilines is 1. The summed E-state index contributed by atoms with van der Waals surface area (Å²) in [5.74, 6) is 0. The number of hydrogen-bond acceptors (Lipinski definition) is 2. The Morgan fingerprint density at radius 3 is 2.11 bits per heavy atom. The second-order valence-corrected chi connectivity index (χ2v) is 5.42. The molecule has 0 aromatic heterocycles. The number of alkyl halides is 3. The van der Waals surface area contributed by atoms with Gasteiger partial charge in [0.05, 0.1) is 5.56 Å². The van der Waals surface area contributed by atoms with Crippen LogP contribution < -0.4 is 5.73 Å². The molecular weight excluding hydrogens is 241 g/mol. The lowest BCUT2D eigenvalue weighted by Gasteiger charge is -2.31. The lowest BCUT2D eigenvalue weighted by atomic mass is 9.81. The minimum Gasteiger partial charge on any atom is -0.399 e. The van der Waals surface area contributed by atoms with E-state index >= 15 is 0 Å². The lowest BCUT2D eigenvalue weighted by Crippen LogP contribution is -2.34. The van der Waals surface area contributed by atoms with E-state index in [2.05, 4.69) is 0 Å². The van der Waals surface area contributed by atoms with Crippen molar-refractivity contribution < 1.29 is 13.2 Å². The molecule has 0 amide bonds. The second kappa shape index (κ2) is 4.80. The molecule has 0 aliphatic rings. The first-order valence-electron chi connectivity index (χ1n) is 5.66. The monoisotopic (exact) mass is 260 g/mol. The Kier molecular flexibility index (Phi) is 3.96. The van der Waals surface area contributed by atoms with Crippen LogP contribution in [0.3, 0.4) is 0 Å². The average Bonchev–Trinajstić information content (AvgIpc) is 2.13. The fraction of sp³-hybridized carbons (Fsp3) is 0.538. The van der Waals surface area contributed by atoms with Crippen molar-refractivity contribution in [2.24, 2.45) is 0 Å². The van der Waals surface area contributed by atoms with Crippen LogP contribution in [0.25, 0.3) is 0 Å². The van der Waals surface area contributed by atoms with Gasteiger partial charge >= 0.3 is 6.18 Å². The van der Waals surface area contributed by atoms with Gasteiger partial charge < -0.3 is 10.6 Å². The SMILES string of the molecule is CN(C)CC(C)(C)c1ccc(N)cc1C(F)(F)F. The predicted octanol–water partition coefficient (Wildman–Crippen LogP) is 3.13. The summed E-state index contributed by atoms with van der Waals surface area (Å²) in [5.41, 5.74) is 4.63. The number of benzene rings is 1. The molecule has 18 heavy (non-hydrogen) atoms. The van der Waals surface area contributed by atoms with E-state index < -0.39 is 17.2 Å². The van der Waals surface area contributed by atoms with Crippen molar-refractivity contribution in [3.8, 4) is 0 Å².